The molecule has 18 heavy (non-hydrogen) atoms. The van der Waals surface area contributed by atoms with Gasteiger partial charge in [0, 0.05) is 19.6 Å². The van der Waals surface area contributed by atoms with Gasteiger partial charge in [0.05, 0.1) is 0 Å². The maximum Gasteiger partial charge on any atom is 0.152 e. The summed E-state index contributed by atoms with van der Waals surface area (Å²) in [6.07, 6.45) is 3.16. The van der Waals surface area contributed by atoms with Crippen molar-refractivity contribution in [2.75, 3.05) is 13.1 Å². The summed E-state index contributed by atoms with van der Waals surface area (Å²) in [4.78, 5) is 13.7. The Kier molecular flexibility index (Phi) is 3.04. The van der Waals surface area contributed by atoms with E-state index in [4.69, 9.17) is 0 Å². The molecule has 1 aromatic rings. The molecule has 2 bridgehead atoms. The number of rotatable bonds is 3. The third-order valence-electron chi connectivity index (χ3n) is 4.09. The first-order chi connectivity index (χ1) is 8.72. The van der Waals surface area contributed by atoms with Crippen molar-refractivity contribution in [3.8, 4) is 0 Å². The Bertz CT molecular complexity index is 463. The zero-order chi connectivity index (χ0) is 12.5. The molecule has 2 saturated heterocycles. The van der Waals surface area contributed by atoms with Gasteiger partial charge < -0.3 is 0 Å². The molecular weight excluding hydrogens is 222 g/mol. The van der Waals surface area contributed by atoms with Crippen LogP contribution in [-0.2, 0) is 11.3 Å². The second kappa shape index (κ2) is 4.69. The largest absolute Gasteiger partial charge is 0.298 e. The van der Waals surface area contributed by atoms with Gasteiger partial charge in [0.1, 0.15) is 0 Å². The summed E-state index contributed by atoms with van der Waals surface area (Å²) in [6, 6.07) is 10.6. The topological polar surface area (TPSA) is 20.3 Å². The lowest BCUT2D eigenvalue weighted by Crippen LogP contribution is -2.50. The third kappa shape index (κ3) is 2.25. The molecule has 3 fully saturated rings. The highest BCUT2D eigenvalue weighted by Crippen LogP contribution is 2.45. The molecule has 3 aliphatic rings. The van der Waals surface area contributed by atoms with Crippen molar-refractivity contribution >= 4 is 5.78 Å². The van der Waals surface area contributed by atoms with Crippen LogP contribution in [0.2, 0.25) is 0 Å². The third-order valence-corrected chi connectivity index (χ3v) is 4.09. The average molecular weight is 241 g/mol. The quantitative estimate of drug-likeness (QED) is 0.758. The van der Waals surface area contributed by atoms with Crippen LogP contribution in [0.5, 0.6) is 0 Å². The SMILES string of the molecule is CC(=O)C=C1C2CC1CN(Cc1ccccc1)C2. The van der Waals surface area contributed by atoms with Crippen molar-refractivity contribution in [3.05, 3.63) is 47.5 Å². The van der Waals surface area contributed by atoms with Crippen molar-refractivity contribution in [3.63, 3.8) is 0 Å². The Labute approximate surface area is 108 Å². The van der Waals surface area contributed by atoms with Gasteiger partial charge in [-0.2, -0.15) is 0 Å². The van der Waals surface area contributed by atoms with Gasteiger partial charge >= 0.3 is 0 Å². The molecule has 2 atom stereocenters. The van der Waals surface area contributed by atoms with Gasteiger partial charge in [0.15, 0.2) is 5.78 Å². The fraction of sp³-hybridized carbons (Fsp3) is 0.438. The first kappa shape index (κ1) is 11.7. The molecule has 4 rings (SSSR count). The van der Waals surface area contributed by atoms with Crippen LogP contribution in [-0.4, -0.2) is 23.8 Å². The minimum Gasteiger partial charge on any atom is -0.298 e. The van der Waals surface area contributed by atoms with Crippen LogP contribution in [0, 0.1) is 11.8 Å². The Morgan fingerprint density at radius 2 is 1.94 bits per heavy atom. The Balaban J connectivity index is 1.63. The molecule has 0 spiro atoms. The van der Waals surface area contributed by atoms with Crippen LogP contribution in [0.4, 0.5) is 0 Å². The van der Waals surface area contributed by atoms with Crippen LogP contribution in [0.15, 0.2) is 42.0 Å². The van der Waals surface area contributed by atoms with E-state index in [-0.39, 0.29) is 5.78 Å². The molecule has 2 nitrogen and oxygen atoms in total. The monoisotopic (exact) mass is 241 g/mol. The molecule has 0 amide bonds. The molecule has 1 saturated carbocycles. The number of nitrogens with zero attached hydrogens (tertiary/aromatic N) is 1. The van der Waals surface area contributed by atoms with E-state index in [9.17, 15) is 4.79 Å². The van der Waals surface area contributed by atoms with Crippen LogP contribution >= 0.6 is 0 Å². The van der Waals surface area contributed by atoms with Crippen LogP contribution in [0.3, 0.4) is 0 Å². The highest BCUT2D eigenvalue weighted by atomic mass is 16.1. The molecule has 0 radical (unpaired) electrons. The Hall–Kier alpha value is -1.41. The molecule has 94 valence electrons. The zero-order valence-electron chi connectivity index (χ0n) is 10.8. The summed E-state index contributed by atoms with van der Waals surface area (Å²) in [5.41, 5.74) is 2.79. The first-order valence-corrected chi connectivity index (χ1v) is 6.70. The maximum atomic E-state index is 11.2. The van der Waals surface area contributed by atoms with E-state index in [1.807, 2.05) is 6.08 Å². The fourth-order valence-corrected chi connectivity index (χ4v) is 3.29. The first-order valence-electron chi connectivity index (χ1n) is 6.70. The van der Waals surface area contributed by atoms with Gasteiger partial charge in [-0.25, -0.2) is 0 Å². The normalized spacial score (nSPS) is 26.6. The number of fused-ring (bicyclic) bond motifs is 2. The lowest BCUT2D eigenvalue weighted by atomic mass is 9.66. The van der Waals surface area contributed by atoms with Crippen molar-refractivity contribution in [2.45, 2.75) is 19.9 Å². The van der Waals surface area contributed by atoms with Gasteiger partial charge in [-0.05, 0) is 36.8 Å². The van der Waals surface area contributed by atoms with E-state index in [0.29, 0.717) is 11.8 Å². The van der Waals surface area contributed by atoms with Crippen LogP contribution < -0.4 is 0 Å². The van der Waals surface area contributed by atoms with Crippen molar-refractivity contribution in [1.82, 2.24) is 4.90 Å². The van der Waals surface area contributed by atoms with Crippen LogP contribution in [0.1, 0.15) is 18.9 Å². The highest BCUT2D eigenvalue weighted by Gasteiger charge is 2.41. The second-order valence-corrected chi connectivity index (χ2v) is 5.56. The summed E-state index contributed by atoms with van der Waals surface area (Å²) in [6.45, 7) is 4.93. The predicted octanol–water partition coefficient (Wildman–Crippen LogP) is 2.65. The Morgan fingerprint density at radius 3 is 2.56 bits per heavy atom. The lowest BCUT2D eigenvalue weighted by Gasteiger charge is -2.49. The van der Waals surface area contributed by atoms with E-state index in [1.54, 1.807) is 6.92 Å². The molecule has 2 heteroatoms. The van der Waals surface area contributed by atoms with Crippen molar-refractivity contribution in [2.24, 2.45) is 11.8 Å². The van der Waals surface area contributed by atoms with E-state index in [2.05, 4.69) is 35.2 Å². The summed E-state index contributed by atoms with van der Waals surface area (Å²) in [5, 5.41) is 0. The van der Waals surface area contributed by atoms with Crippen molar-refractivity contribution < 1.29 is 4.79 Å². The van der Waals surface area contributed by atoms with E-state index in [0.717, 1.165) is 19.6 Å². The summed E-state index contributed by atoms with van der Waals surface area (Å²) < 4.78 is 0. The summed E-state index contributed by atoms with van der Waals surface area (Å²) in [5.74, 6) is 1.48. The predicted molar refractivity (Wildman–Crippen MR) is 72.1 cm³/mol. The summed E-state index contributed by atoms with van der Waals surface area (Å²) >= 11 is 0. The van der Waals surface area contributed by atoms with Gasteiger partial charge in [-0.15, -0.1) is 0 Å². The molecular formula is C16H19NO. The number of allylic oxidation sites excluding steroid dienone is 1. The van der Waals surface area contributed by atoms with Crippen molar-refractivity contribution in [1.29, 1.82) is 0 Å². The van der Waals surface area contributed by atoms with Crippen LogP contribution in [0.25, 0.3) is 0 Å². The number of hydrogen-bond acceptors (Lipinski definition) is 2. The van der Waals surface area contributed by atoms with Gasteiger partial charge in [0.25, 0.3) is 0 Å². The van der Waals surface area contributed by atoms with Gasteiger partial charge in [-0.1, -0.05) is 35.9 Å². The second-order valence-electron chi connectivity index (χ2n) is 5.56. The average Bonchev–Trinajstić information content (AvgIpc) is 2.37. The number of ketones is 1. The molecule has 0 aromatic heterocycles. The molecule has 1 aliphatic carbocycles. The van der Waals surface area contributed by atoms with E-state index >= 15 is 0 Å². The zero-order valence-corrected chi connectivity index (χ0v) is 10.8. The maximum absolute atomic E-state index is 11.2. The Morgan fingerprint density at radius 1 is 1.28 bits per heavy atom. The number of carbonyl (C=O) groups excluding carboxylic acids is 1. The van der Waals surface area contributed by atoms with Gasteiger partial charge in [0.2, 0.25) is 0 Å². The molecule has 0 N–H and O–H groups in total. The minimum atomic E-state index is 0.205. The minimum absolute atomic E-state index is 0.205. The number of hydrogen-bond donors (Lipinski definition) is 0. The number of carbonyl (C=O) groups is 1. The molecule has 1 aromatic carbocycles. The smallest absolute Gasteiger partial charge is 0.152 e. The molecule has 2 aliphatic heterocycles. The number of piperidine rings is 2. The van der Waals surface area contributed by atoms with Gasteiger partial charge in [-0.3, -0.25) is 9.69 Å². The highest BCUT2D eigenvalue weighted by molar-refractivity contribution is 5.88. The summed E-state index contributed by atoms with van der Waals surface area (Å²) in [7, 11) is 0. The van der Waals surface area contributed by atoms with E-state index in [1.165, 1.54) is 17.6 Å². The molecule has 2 heterocycles. The molecule has 2 unspecified atom stereocenters. The van der Waals surface area contributed by atoms with E-state index < -0.39 is 0 Å². The fourth-order valence-electron chi connectivity index (χ4n) is 3.29. The standard InChI is InChI=1S/C16H19NO/c1-12(18)7-16-14-8-15(16)11-17(10-14)9-13-5-3-2-4-6-13/h2-7,14-15H,8-11H2,1H3. The lowest BCUT2D eigenvalue weighted by molar-refractivity contribution is -0.112. The number of benzene rings is 1.